The van der Waals surface area contributed by atoms with E-state index in [0.717, 1.165) is 64.6 Å². The number of carbonyl (C=O) groups excluding carboxylic acids is 2. The molecule has 2 fully saturated rings. The Kier molecular flexibility index (Phi) is 8.29. The highest BCUT2D eigenvalue weighted by molar-refractivity contribution is 5.96. The molecule has 2 aliphatic heterocycles. The van der Waals surface area contributed by atoms with Crippen molar-refractivity contribution in [2.75, 3.05) is 46.5 Å². The van der Waals surface area contributed by atoms with Crippen molar-refractivity contribution in [3.63, 3.8) is 0 Å². The summed E-state index contributed by atoms with van der Waals surface area (Å²) in [5, 5.41) is 0. The van der Waals surface area contributed by atoms with Gasteiger partial charge in [0.25, 0.3) is 5.91 Å². The zero-order valence-electron chi connectivity index (χ0n) is 20.2. The maximum absolute atomic E-state index is 13.1. The predicted molar refractivity (Wildman–Crippen MR) is 128 cm³/mol. The quantitative estimate of drug-likeness (QED) is 0.623. The van der Waals surface area contributed by atoms with Gasteiger partial charge in [-0.05, 0) is 50.7 Å². The van der Waals surface area contributed by atoms with Crippen LogP contribution >= 0.6 is 0 Å². The highest BCUT2D eigenvalue weighted by atomic mass is 16.5. The molecular formula is C27H40N2O4. The third-order valence-electron chi connectivity index (χ3n) is 7.91. The first kappa shape index (κ1) is 24.1. The van der Waals surface area contributed by atoms with E-state index in [1.54, 1.807) is 4.90 Å². The lowest BCUT2D eigenvalue weighted by atomic mass is 9.74. The number of fused-ring (bicyclic) bond motifs is 1. The van der Waals surface area contributed by atoms with Gasteiger partial charge in [0.1, 0.15) is 5.75 Å². The van der Waals surface area contributed by atoms with Gasteiger partial charge in [-0.2, -0.15) is 0 Å². The van der Waals surface area contributed by atoms with E-state index < -0.39 is 0 Å². The summed E-state index contributed by atoms with van der Waals surface area (Å²) in [6, 6.07) is 7.56. The second-order valence-corrected chi connectivity index (χ2v) is 10.2. The topological polar surface area (TPSA) is 59.1 Å². The maximum atomic E-state index is 13.1. The third kappa shape index (κ3) is 6.08. The molecule has 1 aromatic carbocycles. The summed E-state index contributed by atoms with van der Waals surface area (Å²) in [6.07, 6.45) is 10.9. The fourth-order valence-corrected chi connectivity index (χ4v) is 5.59. The Morgan fingerprint density at radius 1 is 0.939 bits per heavy atom. The Morgan fingerprint density at radius 2 is 1.70 bits per heavy atom. The molecule has 33 heavy (non-hydrogen) atoms. The molecular weight excluding hydrogens is 416 g/mol. The zero-order chi connectivity index (χ0) is 23.1. The summed E-state index contributed by atoms with van der Waals surface area (Å²) in [7, 11) is 1.81. The van der Waals surface area contributed by atoms with Crippen molar-refractivity contribution in [2.24, 2.45) is 11.3 Å². The molecule has 2 amide bonds. The van der Waals surface area contributed by atoms with E-state index in [9.17, 15) is 9.59 Å². The van der Waals surface area contributed by atoms with Crippen LogP contribution in [-0.2, 0) is 9.53 Å². The Balaban J connectivity index is 1.45. The minimum Gasteiger partial charge on any atom is -0.492 e. The van der Waals surface area contributed by atoms with Crippen LogP contribution in [0.1, 0.15) is 74.6 Å². The van der Waals surface area contributed by atoms with E-state index in [2.05, 4.69) is 4.90 Å². The van der Waals surface area contributed by atoms with Crippen molar-refractivity contribution >= 4 is 11.8 Å². The number of hydrogen-bond donors (Lipinski definition) is 0. The van der Waals surface area contributed by atoms with Gasteiger partial charge in [-0.15, -0.1) is 0 Å². The van der Waals surface area contributed by atoms with Crippen LogP contribution in [0.15, 0.2) is 24.3 Å². The van der Waals surface area contributed by atoms with Crippen LogP contribution in [0.25, 0.3) is 0 Å². The van der Waals surface area contributed by atoms with E-state index >= 15 is 0 Å². The van der Waals surface area contributed by atoms with Gasteiger partial charge in [0, 0.05) is 44.6 Å². The van der Waals surface area contributed by atoms with Crippen molar-refractivity contribution in [2.45, 2.75) is 64.2 Å². The first-order valence-corrected chi connectivity index (χ1v) is 12.9. The van der Waals surface area contributed by atoms with Crippen LogP contribution in [0.3, 0.4) is 0 Å². The Hall–Kier alpha value is -2.08. The number of nitrogens with zero attached hydrogens (tertiary/aromatic N) is 2. The second-order valence-electron chi connectivity index (χ2n) is 10.2. The molecule has 3 aliphatic rings. The fraction of sp³-hybridized carbons (Fsp3) is 0.704. The predicted octanol–water partition coefficient (Wildman–Crippen LogP) is 4.53. The lowest BCUT2D eigenvalue weighted by Gasteiger charge is -2.43. The smallest absolute Gasteiger partial charge is 0.257 e. The SMILES string of the molecule is CN1CCOCCCCC2(CCN(C(=O)C3CCCCC3)CC2)COc2ccccc2C1=O. The number of piperidine rings is 1. The molecule has 6 heteroatoms. The molecule has 1 saturated heterocycles. The number of likely N-dealkylation sites (N-methyl/N-ethyl adjacent to an activating group) is 1. The minimum absolute atomic E-state index is 0.0341. The lowest BCUT2D eigenvalue weighted by Crippen LogP contribution is -2.47. The van der Waals surface area contributed by atoms with Crippen LogP contribution < -0.4 is 4.74 Å². The molecule has 1 aliphatic carbocycles. The standard InChI is InChI=1S/C27H40N2O4/c1-28-18-20-32-19-8-7-13-27(21-33-24-12-6-5-11-23(24)26(28)31)14-16-29(17-15-27)25(30)22-9-3-2-4-10-22/h5-6,11-12,22H,2-4,7-10,13-21H2,1H3. The normalized spacial score (nSPS) is 23.5. The zero-order valence-corrected chi connectivity index (χ0v) is 20.2. The molecule has 1 aromatic rings. The van der Waals surface area contributed by atoms with Crippen molar-refractivity contribution in [1.82, 2.24) is 9.80 Å². The van der Waals surface area contributed by atoms with Crippen molar-refractivity contribution in [1.29, 1.82) is 0 Å². The number of benzene rings is 1. The Labute approximate surface area is 198 Å². The molecule has 0 bridgehead atoms. The molecule has 0 N–H and O–H groups in total. The highest BCUT2D eigenvalue weighted by Crippen LogP contribution is 2.39. The van der Waals surface area contributed by atoms with Crippen LogP contribution in [0.5, 0.6) is 5.75 Å². The van der Waals surface area contributed by atoms with Gasteiger partial charge in [0.2, 0.25) is 5.91 Å². The summed E-state index contributed by atoms with van der Waals surface area (Å²) in [5.74, 6) is 1.24. The van der Waals surface area contributed by atoms with Crippen molar-refractivity contribution < 1.29 is 19.1 Å². The number of ether oxygens (including phenoxy) is 2. The molecule has 0 radical (unpaired) electrons. The molecule has 2 heterocycles. The van der Waals surface area contributed by atoms with E-state index in [0.29, 0.717) is 37.0 Å². The van der Waals surface area contributed by atoms with Gasteiger partial charge in [0.05, 0.1) is 18.8 Å². The summed E-state index contributed by atoms with van der Waals surface area (Å²) in [4.78, 5) is 29.9. The number of carbonyl (C=O) groups is 2. The molecule has 182 valence electrons. The van der Waals surface area contributed by atoms with E-state index in [4.69, 9.17) is 9.47 Å². The Bertz CT molecular complexity index is 797. The van der Waals surface area contributed by atoms with Crippen molar-refractivity contribution in [3.05, 3.63) is 29.8 Å². The van der Waals surface area contributed by atoms with Crippen LogP contribution in [0.4, 0.5) is 0 Å². The van der Waals surface area contributed by atoms with E-state index in [1.807, 2.05) is 31.3 Å². The number of para-hydroxylation sites is 1. The average Bonchev–Trinajstić information content (AvgIpc) is 2.86. The number of hydrogen-bond acceptors (Lipinski definition) is 4. The van der Waals surface area contributed by atoms with E-state index in [-0.39, 0.29) is 17.2 Å². The molecule has 0 unspecified atom stereocenters. The summed E-state index contributed by atoms with van der Waals surface area (Å²) in [6.45, 7) is 4.07. The van der Waals surface area contributed by atoms with Gasteiger partial charge in [-0.1, -0.05) is 37.8 Å². The van der Waals surface area contributed by atoms with Crippen LogP contribution in [-0.4, -0.2) is 68.1 Å². The summed E-state index contributed by atoms with van der Waals surface area (Å²) >= 11 is 0. The van der Waals surface area contributed by atoms with Gasteiger partial charge >= 0.3 is 0 Å². The molecule has 1 saturated carbocycles. The van der Waals surface area contributed by atoms with Gasteiger partial charge in [-0.3, -0.25) is 9.59 Å². The second kappa shape index (κ2) is 11.4. The molecule has 0 atom stereocenters. The van der Waals surface area contributed by atoms with Crippen LogP contribution in [0, 0.1) is 11.3 Å². The largest absolute Gasteiger partial charge is 0.492 e. The summed E-state index contributed by atoms with van der Waals surface area (Å²) < 4.78 is 12.2. The third-order valence-corrected chi connectivity index (χ3v) is 7.91. The minimum atomic E-state index is -0.0341. The fourth-order valence-electron chi connectivity index (χ4n) is 5.59. The van der Waals surface area contributed by atoms with Crippen LogP contribution in [0.2, 0.25) is 0 Å². The average molecular weight is 457 g/mol. The van der Waals surface area contributed by atoms with Gasteiger partial charge in [0.15, 0.2) is 0 Å². The molecule has 0 aromatic heterocycles. The Morgan fingerprint density at radius 3 is 2.48 bits per heavy atom. The number of likely N-dealkylation sites (tertiary alicyclic amines) is 1. The van der Waals surface area contributed by atoms with E-state index in [1.165, 1.54) is 19.3 Å². The number of rotatable bonds is 1. The summed E-state index contributed by atoms with van der Waals surface area (Å²) in [5.41, 5.74) is 0.646. The lowest BCUT2D eigenvalue weighted by molar-refractivity contribution is -0.139. The molecule has 1 spiro atoms. The van der Waals surface area contributed by atoms with Gasteiger partial charge < -0.3 is 19.3 Å². The molecule has 6 nitrogen and oxygen atoms in total. The first-order valence-electron chi connectivity index (χ1n) is 12.9. The molecule has 4 rings (SSSR count). The van der Waals surface area contributed by atoms with Crippen molar-refractivity contribution in [3.8, 4) is 5.75 Å². The number of amides is 2. The maximum Gasteiger partial charge on any atom is 0.257 e. The van der Waals surface area contributed by atoms with Gasteiger partial charge in [-0.25, -0.2) is 0 Å². The highest BCUT2D eigenvalue weighted by Gasteiger charge is 2.38. The first-order chi connectivity index (χ1) is 16.1. The monoisotopic (exact) mass is 456 g/mol.